The first kappa shape index (κ1) is 20.7. The van der Waals surface area contributed by atoms with Crippen molar-refractivity contribution in [3.05, 3.63) is 101 Å². The van der Waals surface area contributed by atoms with Crippen molar-refractivity contribution in [1.29, 1.82) is 0 Å². The first-order valence-electron chi connectivity index (χ1n) is 8.95. The zero-order valence-electron chi connectivity index (χ0n) is 15.7. The Morgan fingerprint density at radius 1 is 1.00 bits per heavy atom. The lowest BCUT2D eigenvalue weighted by molar-refractivity contribution is 0.0337. The van der Waals surface area contributed by atoms with Crippen molar-refractivity contribution in [2.45, 2.75) is 24.5 Å². The maximum atomic E-state index is 13.0. The van der Waals surface area contributed by atoms with Crippen LogP contribution < -0.4 is 4.72 Å². The monoisotopic (exact) mass is 413 g/mol. The largest absolute Gasteiger partial charge is 0.454 e. The lowest BCUT2D eigenvalue weighted by Gasteiger charge is -2.14. The van der Waals surface area contributed by atoms with Gasteiger partial charge in [0.15, 0.2) is 0 Å². The van der Waals surface area contributed by atoms with Crippen LogP contribution in [0.4, 0.5) is 4.39 Å². The van der Waals surface area contributed by atoms with Crippen molar-refractivity contribution < 1.29 is 22.3 Å². The molecule has 3 aromatic carbocycles. The van der Waals surface area contributed by atoms with Gasteiger partial charge < -0.3 is 4.74 Å². The van der Waals surface area contributed by atoms with E-state index < -0.39 is 22.1 Å². The van der Waals surface area contributed by atoms with Crippen LogP contribution in [0.5, 0.6) is 0 Å². The van der Waals surface area contributed by atoms with E-state index in [1.165, 1.54) is 48.5 Å². The summed E-state index contributed by atoms with van der Waals surface area (Å²) in [7, 11) is -3.80. The summed E-state index contributed by atoms with van der Waals surface area (Å²) in [4.78, 5) is 12.4. The summed E-state index contributed by atoms with van der Waals surface area (Å²) in [5.74, 6) is -1.05. The van der Waals surface area contributed by atoms with Crippen molar-refractivity contribution in [3.63, 3.8) is 0 Å². The molecule has 0 heterocycles. The van der Waals surface area contributed by atoms with Gasteiger partial charge in [-0.3, -0.25) is 0 Å². The van der Waals surface area contributed by atoms with E-state index in [4.69, 9.17) is 4.74 Å². The number of hydrogen-bond acceptors (Lipinski definition) is 4. The first-order valence-corrected chi connectivity index (χ1v) is 10.4. The van der Waals surface area contributed by atoms with Gasteiger partial charge in [-0.05, 0) is 48.4 Å². The normalized spacial score (nSPS) is 12.3. The third kappa shape index (κ3) is 5.49. The van der Waals surface area contributed by atoms with E-state index in [1.807, 2.05) is 30.3 Å². The van der Waals surface area contributed by atoms with Crippen LogP contribution in [-0.4, -0.2) is 14.4 Å². The molecule has 0 aliphatic rings. The smallest absolute Gasteiger partial charge is 0.338 e. The third-order valence-corrected chi connectivity index (χ3v) is 5.71. The topological polar surface area (TPSA) is 72.5 Å². The Hall–Kier alpha value is -3.03. The van der Waals surface area contributed by atoms with Crippen molar-refractivity contribution in [1.82, 2.24) is 4.72 Å². The summed E-state index contributed by atoms with van der Waals surface area (Å²) in [6.45, 7) is 1.80. The number of carbonyl (C=O) groups is 1. The molecule has 0 bridgehead atoms. The Balaban J connectivity index is 1.70. The van der Waals surface area contributed by atoms with Crippen molar-refractivity contribution >= 4 is 16.0 Å². The number of nitrogens with one attached hydrogen (secondary N) is 1. The molecule has 0 radical (unpaired) electrons. The standard InChI is InChI=1S/C22H20FNO4S/c1-16(18-10-12-20(23)13-11-18)28-22(25)19-8-5-9-21(14-19)29(26,27)24-15-17-6-3-2-4-7-17/h2-14,16,24H,15H2,1H3/t16-/m1/s1. The molecule has 0 aliphatic carbocycles. The molecule has 0 spiro atoms. The molecule has 0 amide bonds. The molecule has 1 N–H and O–H groups in total. The molecule has 29 heavy (non-hydrogen) atoms. The van der Waals surface area contributed by atoms with Crippen LogP contribution in [0.1, 0.15) is 34.5 Å². The van der Waals surface area contributed by atoms with Crippen LogP contribution in [-0.2, 0) is 21.3 Å². The highest BCUT2D eigenvalue weighted by molar-refractivity contribution is 7.89. The number of rotatable bonds is 7. The fraction of sp³-hybridized carbons (Fsp3) is 0.136. The van der Waals surface area contributed by atoms with Gasteiger partial charge in [-0.25, -0.2) is 22.3 Å². The first-order chi connectivity index (χ1) is 13.8. The molecule has 0 aliphatic heterocycles. The Kier molecular flexibility index (Phi) is 6.41. The summed E-state index contributed by atoms with van der Waals surface area (Å²) in [6, 6.07) is 20.4. The highest BCUT2D eigenvalue weighted by Crippen LogP contribution is 2.20. The van der Waals surface area contributed by atoms with E-state index >= 15 is 0 Å². The van der Waals surface area contributed by atoms with E-state index in [0.29, 0.717) is 5.56 Å². The highest BCUT2D eigenvalue weighted by atomic mass is 32.2. The number of benzene rings is 3. The van der Waals surface area contributed by atoms with Crippen molar-refractivity contribution in [2.75, 3.05) is 0 Å². The molecule has 0 aromatic heterocycles. The van der Waals surface area contributed by atoms with Crippen LogP contribution in [0, 0.1) is 5.82 Å². The number of esters is 1. The fourth-order valence-electron chi connectivity index (χ4n) is 2.68. The Bertz CT molecular complexity index is 1080. The van der Waals surface area contributed by atoms with Crippen LogP contribution >= 0.6 is 0 Å². The van der Waals surface area contributed by atoms with Gasteiger partial charge in [-0.2, -0.15) is 0 Å². The number of carbonyl (C=O) groups excluding carboxylic acids is 1. The van der Waals surface area contributed by atoms with Crippen LogP contribution in [0.15, 0.2) is 83.8 Å². The molecule has 0 saturated heterocycles. The van der Waals surface area contributed by atoms with Crippen LogP contribution in [0.3, 0.4) is 0 Å². The minimum absolute atomic E-state index is 0.0303. The lowest BCUT2D eigenvalue weighted by Crippen LogP contribution is -2.23. The summed E-state index contributed by atoms with van der Waals surface area (Å²) < 4.78 is 46.0. The van der Waals surface area contributed by atoms with Gasteiger partial charge in [0.1, 0.15) is 11.9 Å². The summed E-state index contributed by atoms with van der Waals surface area (Å²) in [5.41, 5.74) is 1.56. The van der Waals surface area contributed by atoms with E-state index in [-0.39, 0.29) is 22.8 Å². The molecule has 1 atom stereocenters. The molecular weight excluding hydrogens is 393 g/mol. The van der Waals surface area contributed by atoms with Crippen LogP contribution in [0.25, 0.3) is 0 Å². The van der Waals surface area contributed by atoms with Gasteiger partial charge >= 0.3 is 5.97 Å². The summed E-state index contributed by atoms with van der Waals surface area (Å²) in [5, 5.41) is 0. The van der Waals surface area contributed by atoms with Gasteiger partial charge in [0.05, 0.1) is 10.5 Å². The average molecular weight is 413 g/mol. The van der Waals surface area contributed by atoms with Crippen molar-refractivity contribution in [2.24, 2.45) is 0 Å². The van der Waals surface area contributed by atoms with Gasteiger partial charge in [-0.1, -0.05) is 48.5 Å². The lowest BCUT2D eigenvalue weighted by atomic mass is 10.1. The average Bonchev–Trinajstić information content (AvgIpc) is 2.73. The summed E-state index contributed by atoms with van der Waals surface area (Å²) >= 11 is 0. The Morgan fingerprint density at radius 2 is 1.69 bits per heavy atom. The predicted octanol–water partition coefficient (Wildman–Crippen LogP) is 4.22. The minimum atomic E-state index is -3.80. The fourth-order valence-corrected chi connectivity index (χ4v) is 3.74. The molecule has 0 fully saturated rings. The predicted molar refractivity (Wildman–Crippen MR) is 107 cm³/mol. The molecule has 0 saturated carbocycles. The second-order valence-electron chi connectivity index (χ2n) is 6.44. The number of halogens is 1. The second kappa shape index (κ2) is 8.98. The molecule has 7 heteroatoms. The van der Waals surface area contributed by atoms with E-state index in [9.17, 15) is 17.6 Å². The third-order valence-electron chi connectivity index (χ3n) is 4.31. The van der Waals surface area contributed by atoms with E-state index in [2.05, 4.69) is 4.72 Å². The second-order valence-corrected chi connectivity index (χ2v) is 8.20. The summed E-state index contributed by atoms with van der Waals surface area (Å²) in [6.07, 6.45) is -0.612. The van der Waals surface area contributed by atoms with E-state index in [1.54, 1.807) is 6.92 Å². The van der Waals surface area contributed by atoms with Gasteiger partial charge in [0, 0.05) is 6.54 Å². The Labute approximate surface area is 169 Å². The SMILES string of the molecule is C[C@@H](OC(=O)c1cccc(S(=O)(=O)NCc2ccccc2)c1)c1ccc(F)cc1. The molecule has 5 nitrogen and oxygen atoms in total. The van der Waals surface area contributed by atoms with Crippen LogP contribution in [0.2, 0.25) is 0 Å². The molecule has 0 unspecified atom stereocenters. The van der Waals surface area contributed by atoms with Crippen molar-refractivity contribution in [3.8, 4) is 0 Å². The molecular formula is C22H20FNO4S. The van der Waals surface area contributed by atoms with E-state index in [0.717, 1.165) is 5.56 Å². The molecule has 3 rings (SSSR count). The zero-order valence-corrected chi connectivity index (χ0v) is 16.5. The number of ether oxygens (including phenoxy) is 1. The quantitative estimate of drug-likeness (QED) is 0.589. The molecule has 150 valence electrons. The maximum absolute atomic E-state index is 13.0. The Morgan fingerprint density at radius 3 is 2.38 bits per heavy atom. The van der Waals surface area contributed by atoms with Gasteiger partial charge in [0.25, 0.3) is 0 Å². The minimum Gasteiger partial charge on any atom is -0.454 e. The van der Waals surface area contributed by atoms with Gasteiger partial charge in [-0.15, -0.1) is 0 Å². The molecule has 3 aromatic rings. The number of sulfonamides is 1. The highest BCUT2D eigenvalue weighted by Gasteiger charge is 2.18. The number of hydrogen-bond donors (Lipinski definition) is 1. The zero-order chi connectivity index (χ0) is 20.9. The maximum Gasteiger partial charge on any atom is 0.338 e. The van der Waals surface area contributed by atoms with Gasteiger partial charge in [0.2, 0.25) is 10.0 Å².